The minimum atomic E-state index is -0.410. The van der Waals surface area contributed by atoms with Gasteiger partial charge in [-0.1, -0.05) is 12.8 Å². The molecule has 2 atom stereocenters. The Balaban J connectivity index is 1.70. The monoisotopic (exact) mass is 270 g/mol. The van der Waals surface area contributed by atoms with Crippen LogP contribution in [0, 0.1) is 5.41 Å². The molecule has 2 saturated carbocycles. The van der Waals surface area contributed by atoms with E-state index in [2.05, 4.69) is 12.2 Å². The lowest BCUT2D eigenvalue weighted by molar-refractivity contribution is -0.131. The molecule has 2 aliphatic rings. The summed E-state index contributed by atoms with van der Waals surface area (Å²) in [4.78, 5) is 10.5. The van der Waals surface area contributed by atoms with Crippen LogP contribution in [0.3, 0.4) is 0 Å². The number of hydrogen-bond acceptors (Lipinski definition) is 4. The van der Waals surface area contributed by atoms with Crippen LogP contribution in [-0.4, -0.2) is 44.4 Å². The second-order valence-corrected chi connectivity index (χ2v) is 5.65. The van der Waals surface area contributed by atoms with Crippen molar-refractivity contribution in [3.63, 3.8) is 0 Å². The average Bonchev–Trinajstić information content (AvgIpc) is 2.88. The summed E-state index contributed by atoms with van der Waals surface area (Å²) in [5, 5.41) is 3.56. The Labute approximate surface area is 115 Å². The Morgan fingerprint density at radius 1 is 1.42 bits per heavy atom. The summed E-state index contributed by atoms with van der Waals surface area (Å²) in [6.45, 7) is 4.20. The molecule has 0 heterocycles. The molecule has 0 radical (unpaired) electrons. The van der Waals surface area contributed by atoms with Crippen LogP contribution in [0.1, 0.15) is 39.0 Å². The van der Waals surface area contributed by atoms with Crippen LogP contribution in [0.15, 0.2) is 0 Å². The molecule has 1 spiro atoms. The number of carbonyl (C=O) groups excluding carboxylic acids is 1. The normalized spacial score (nSPS) is 28.5. The molecule has 5 heteroatoms. The first kappa shape index (κ1) is 14.8. The van der Waals surface area contributed by atoms with Crippen LogP contribution in [0.4, 0.5) is 0 Å². The van der Waals surface area contributed by atoms with Gasteiger partial charge in [-0.05, 0) is 26.2 Å². The fourth-order valence-electron chi connectivity index (χ4n) is 3.65. The maximum Gasteiger partial charge on any atom is 0.243 e. The van der Waals surface area contributed by atoms with Gasteiger partial charge >= 0.3 is 0 Å². The predicted molar refractivity (Wildman–Crippen MR) is 72.7 cm³/mol. The van der Waals surface area contributed by atoms with Crippen molar-refractivity contribution in [1.82, 2.24) is 5.32 Å². The van der Waals surface area contributed by atoms with E-state index < -0.39 is 5.91 Å². The molecule has 0 bridgehead atoms. The predicted octanol–water partition coefficient (Wildman–Crippen LogP) is 0.816. The van der Waals surface area contributed by atoms with Gasteiger partial charge in [-0.25, -0.2) is 0 Å². The molecule has 1 amide bonds. The fraction of sp³-hybridized carbons (Fsp3) is 0.929. The van der Waals surface area contributed by atoms with Gasteiger partial charge in [0.2, 0.25) is 5.91 Å². The minimum Gasteiger partial charge on any atom is -0.378 e. The van der Waals surface area contributed by atoms with Crippen molar-refractivity contribution in [3.8, 4) is 0 Å². The quantitative estimate of drug-likeness (QED) is 0.640. The highest BCUT2D eigenvalue weighted by Gasteiger charge is 2.56. The van der Waals surface area contributed by atoms with E-state index in [-0.39, 0.29) is 6.61 Å². The lowest BCUT2D eigenvalue weighted by Crippen LogP contribution is -2.63. The molecule has 110 valence electrons. The summed E-state index contributed by atoms with van der Waals surface area (Å²) in [5.74, 6) is -0.410. The van der Waals surface area contributed by atoms with Crippen LogP contribution in [0.2, 0.25) is 0 Å². The number of hydrogen-bond donors (Lipinski definition) is 2. The van der Waals surface area contributed by atoms with Crippen molar-refractivity contribution < 1.29 is 14.3 Å². The van der Waals surface area contributed by atoms with Crippen LogP contribution >= 0.6 is 0 Å². The molecular formula is C14H26N2O3. The van der Waals surface area contributed by atoms with Crippen LogP contribution in [-0.2, 0) is 14.3 Å². The first-order chi connectivity index (χ1) is 9.19. The van der Waals surface area contributed by atoms with Crippen LogP contribution in [0.5, 0.6) is 0 Å². The Morgan fingerprint density at radius 2 is 2.16 bits per heavy atom. The van der Waals surface area contributed by atoms with Crippen molar-refractivity contribution in [1.29, 1.82) is 0 Å². The van der Waals surface area contributed by atoms with Crippen molar-refractivity contribution in [2.75, 3.05) is 26.4 Å². The zero-order valence-electron chi connectivity index (χ0n) is 11.8. The molecular weight excluding hydrogens is 244 g/mol. The summed E-state index contributed by atoms with van der Waals surface area (Å²) < 4.78 is 11.0. The summed E-state index contributed by atoms with van der Waals surface area (Å²) in [7, 11) is 0. The molecule has 3 N–H and O–H groups in total. The average molecular weight is 270 g/mol. The first-order valence-electron chi connectivity index (χ1n) is 7.40. The van der Waals surface area contributed by atoms with E-state index in [1.165, 1.54) is 25.7 Å². The van der Waals surface area contributed by atoms with E-state index in [9.17, 15) is 4.79 Å². The van der Waals surface area contributed by atoms with Gasteiger partial charge in [0, 0.05) is 24.6 Å². The number of nitrogens with two attached hydrogens (primary N) is 1. The Morgan fingerprint density at radius 3 is 2.79 bits per heavy atom. The van der Waals surface area contributed by atoms with E-state index in [1.807, 2.05) is 0 Å². The van der Waals surface area contributed by atoms with Gasteiger partial charge < -0.3 is 20.5 Å². The van der Waals surface area contributed by atoms with Crippen LogP contribution in [0.25, 0.3) is 0 Å². The zero-order chi connectivity index (χ0) is 13.7. The summed E-state index contributed by atoms with van der Waals surface area (Å²) in [5.41, 5.74) is 5.38. The third-order valence-electron chi connectivity index (χ3n) is 4.57. The maximum absolute atomic E-state index is 10.5. The molecule has 2 aliphatic carbocycles. The van der Waals surface area contributed by atoms with Gasteiger partial charge in [0.1, 0.15) is 6.61 Å². The smallest absolute Gasteiger partial charge is 0.243 e. The van der Waals surface area contributed by atoms with Crippen LogP contribution < -0.4 is 11.1 Å². The van der Waals surface area contributed by atoms with Crippen molar-refractivity contribution in [3.05, 3.63) is 0 Å². The lowest BCUT2D eigenvalue weighted by Gasteiger charge is -2.54. The maximum atomic E-state index is 10.5. The number of rotatable bonds is 8. The van der Waals surface area contributed by atoms with E-state index >= 15 is 0 Å². The van der Waals surface area contributed by atoms with Gasteiger partial charge in [0.15, 0.2) is 0 Å². The molecule has 0 aromatic heterocycles. The molecule has 0 aromatic carbocycles. The van der Waals surface area contributed by atoms with Gasteiger partial charge in [0.25, 0.3) is 0 Å². The second kappa shape index (κ2) is 6.68. The molecule has 2 unspecified atom stereocenters. The van der Waals surface area contributed by atoms with E-state index in [4.69, 9.17) is 15.2 Å². The Kier molecular flexibility index (Phi) is 5.19. The molecule has 0 saturated heterocycles. The van der Waals surface area contributed by atoms with Gasteiger partial charge in [-0.2, -0.15) is 0 Å². The van der Waals surface area contributed by atoms with Gasteiger partial charge in [-0.15, -0.1) is 0 Å². The number of ether oxygens (including phenoxy) is 2. The second-order valence-electron chi connectivity index (χ2n) is 5.65. The molecule has 5 nitrogen and oxygen atoms in total. The van der Waals surface area contributed by atoms with Crippen molar-refractivity contribution >= 4 is 5.91 Å². The zero-order valence-corrected chi connectivity index (χ0v) is 11.8. The Hall–Kier alpha value is -0.650. The highest BCUT2D eigenvalue weighted by atomic mass is 16.5. The number of nitrogens with one attached hydrogen (secondary N) is 1. The molecule has 2 rings (SSSR count). The first-order valence-corrected chi connectivity index (χ1v) is 7.40. The van der Waals surface area contributed by atoms with E-state index in [0.29, 0.717) is 24.2 Å². The highest BCUT2D eigenvalue weighted by molar-refractivity contribution is 5.74. The van der Waals surface area contributed by atoms with Crippen molar-refractivity contribution in [2.24, 2.45) is 11.1 Å². The molecule has 0 aliphatic heterocycles. The van der Waals surface area contributed by atoms with E-state index in [1.54, 1.807) is 0 Å². The fourth-order valence-corrected chi connectivity index (χ4v) is 3.65. The molecule has 2 fully saturated rings. The Bertz CT molecular complexity index is 303. The summed E-state index contributed by atoms with van der Waals surface area (Å²) in [6.07, 6.45) is 6.72. The topological polar surface area (TPSA) is 73.6 Å². The minimum absolute atomic E-state index is 0.0130. The summed E-state index contributed by atoms with van der Waals surface area (Å²) in [6, 6.07) is 0.545. The highest BCUT2D eigenvalue weighted by Crippen LogP contribution is 2.54. The van der Waals surface area contributed by atoms with E-state index in [0.717, 1.165) is 19.6 Å². The van der Waals surface area contributed by atoms with Gasteiger partial charge in [-0.3, -0.25) is 4.79 Å². The number of primary amides is 1. The lowest BCUT2D eigenvalue weighted by atomic mass is 9.60. The molecule has 19 heavy (non-hydrogen) atoms. The SMILES string of the molecule is CCOC1CC(NCCOCC(N)=O)C12CCCC2. The molecule has 0 aromatic rings. The third kappa shape index (κ3) is 3.27. The number of amides is 1. The number of carbonyl (C=O) groups is 1. The summed E-state index contributed by atoms with van der Waals surface area (Å²) >= 11 is 0. The third-order valence-corrected chi connectivity index (χ3v) is 4.57. The van der Waals surface area contributed by atoms with Gasteiger partial charge in [0.05, 0.1) is 12.7 Å². The standard InChI is InChI=1S/C14H26N2O3/c1-2-19-12-9-11(14(12)5-3-4-6-14)16-7-8-18-10-13(15)17/h11-12,16H,2-10H2,1H3,(H2,15,17). The largest absolute Gasteiger partial charge is 0.378 e. The van der Waals surface area contributed by atoms with Crippen molar-refractivity contribution in [2.45, 2.75) is 51.2 Å².